The van der Waals surface area contributed by atoms with Gasteiger partial charge in [-0.2, -0.15) is 0 Å². The molecule has 0 saturated heterocycles. The SMILES string of the molecule is CCOC(=O)c1ncn2c1c(CO)cc1ccccc12. The second kappa shape index (κ2) is 4.94. The normalized spacial score (nSPS) is 11.1. The van der Waals surface area contributed by atoms with Crippen molar-refractivity contribution in [1.29, 1.82) is 0 Å². The number of hydrogen-bond donors (Lipinski definition) is 1. The average Bonchev–Trinajstić information content (AvgIpc) is 2.92. The fourth-order valence-electron chi connectivity index (χ4n) is 2.39. The summed E-state index contributed by atoms with van der Waals surface area (Å²) < 4.78 is 6.82. The van der Waals surface area contributed by atoms with Crippen molar-refractivity contribution in [3.05, 3.63) is 47.9 Å². The summed E-state index contributed by atoms with van der Waals surface area (Å²) >= 11 is 0. The number of aliphatic hydroxyl groups is 1. The molecule has 5 nitrogen and oxygen atoms in total. The van der Waals surface area contributed by atoms with Gasteiger partial charge in [-0.05, 0) is 24.4 Å². The van der Waals surface area contributed by atoms with E-state index >= 15 is 0 Å². The van der Waals surface area contributed by atoms with Crippen molar-refractivity contribution in [1.82, 2.24) is 9.38 Å². The Morgan fingerprint density at radius 1 is 1.40 bits per heavy atom. The van der Waals surface area contributed by atoms with Crippen molar-refractivity contribution >= 4 is 22.4 Å². The molecule has 1 N–H and O–H groups in total. The fraction of sp³-hybridized carbons (Fsp3) is 0.200. The van der Waals surface area contributed by atoms with Crippen LogP contribution < -0.4 is 0 Å². The molecule has 0 radical (unpaired) electrons. The minimum atomic E-state index is -0.472. The van der Waals surface area contributed by atoms with Gasteiger partial charge in [0.15, 0.2) is 5.69 Å². The predicted octanol–water partition coefficient (Wildman–Crippen LogP) is 2.16. The van der Waals surface area contributed by atoms with Crippen LogP contribution in [0.15, 0.2) is 36.7 Å². The van der Waals surface area contributed by atoms with Gasteiger partial charge in [-0.25, -0.2) is 9.78 Å². The summed E-state index contributed by atoms with van der Waals surface area (Å²) in [7, 11) is 0. The zero-order chi connectivity index (χ0) is 14.1. The van der Waals surface area contributed by atoms with E-state index < -0.39 is 5.97 Å². The zero-order valence-electron chi connectivity index (χ0n) is 11.0. The van der Waals surface area contributed by atoms with Gasteiger partial charge < -0.3 is 9.84 Å². The van der Waals surface area contributed by atoms with Gasteiger partial charge in [0.1, 0.15) is 6.33 Å². The third kappa shape index (κ3) is 1.83. The fourth-order valence-corrected chi connectivity index (χ4v) is 2.39. The predicted molar refractivity (Wildman–Crippen MR) is 74.6 cm³/mol. The number of esters is 1. The molecule has 0 bridgehead atoms. The van der Waals surface area contributed by atoms with Crippen molar-refractivity contribution in [2.24, 2.45) is 0 Å². The van der Waals surface area contributed by atoms with E-state index in [-0.39, 0.29) is 12.3 Å². The van der Waals surface area contributed by atoms with Crippen molar-refractivity contribution in [2.75, 3.05) is 6.61 Å². The Morgan fingerprint density at radius 2 is 2.20 bits per heavy atom. The van der Waals surface area contributed by atoms with E-state index in [0.717, 1.165) is 10.9 Å². The highest BCUT2D eigenvalue weighted by atomic mass is 16.5. The molecule has 0 saturated carbocycles. The molecule has 102 valence electrons. The van der Waals surface area contributed by atoms with Crippen molar-refractivity contribution in [3.63, 3.8) is 0 Å². The zero-order valence-corrected chi connectivity index (χ0v) is 11.0. The monoisotopic (exact) mass is 270 g/mol. The summed E-state index contributed by atoms with van der Waals surface area (Å²) in [6, 6.07) is 9.62. The molecule has 0 unspecified atom stereocenters. The van der Waals surface area contributed by atoms with Gasteiger partial charge in [0.2, 0.25) is 0 Å². The Bertz CT molecular complexity index is 792. The minimum Gasteiger partial charge on any atom is -0.461 e. The molecule has 3 rings (SSSR count). The molecule has 2 heterocycles. The van der Waals surface area contributed by atoms with Crippen LogP contribution in [0.5, 0.6) is 0 Å². The Morgan fingerprint density at radius 3 is 2.95 bits per heavy atom. The largest absolute Gasteiger partial charge is 0.461 e. The molecular weight excluding hydrogens is 256 g/mol. The van der Waals surface area contributed by atoms with Gasteiger partial charge in [0, 0.05) is 5.56 Å². The van der Waals surface area contributed by atoms with Gasteiger partial charge >= 0.3 is 5.97 Å². The summed E-state index contributed by atoms with van der Waals surface area (Å²) in [6.45, 7) is 1.88. The van der Waals surface area contributed by atoms with Crippen LogP contribution in [-0.2, 0) is 11.3 Å². The maximum atomic E-state index is 11.9. The summed E-state index contributed by atoms with van der Waals surface area (Å²) in [5.74, 6) is -0.472. The Kier molecular flexibility index (Phi) is 3.12. The van der Waals surface area contributed by atoms with Crippen LogP contribution in [0.25, 0.3) is 16.4 Å². The smallest absolute Gasteiger partial charge is 0.359 e. The van der Waals surface area contributed by atoms with E-state index in [1.807, 2.05) is 34.7 Å². The van der Waals surface area contributed by atoms with Crippen LogP contribution in [0.1, 0.15) is 23.0 Å². The number of hydrogen-bond acceptors (Lipinski definition) is 4. The quantitative estimate of drug-likeness (QED) is 0.741. The lowest BCUT2D eigenvalue weighted by atomic mass is 10.1. The molecule has 0 aliphatic carbocycles. The molecule has 0 atom stereocenters. The number of carbonyl (C=O) groups excluding carboxylic acids is 1. The highest BCUT2D eigenvalue weighted by molar-refractivity contribution is 5.98. The first-order valence-corrected chi connectivity index (χ1v) is 6.42. The number of benzene rings is 1. The molecule has 2 aromatic heterocycles. The topological polar surface area (TPSA) is 63.8 Å². The number of aromatic nitrogens is 2. The number of imidazole rings is 1. The molecule has 0 amide bonds. The second-order valence-electron chi connectivity index (χ2n) is 4.42. The summed E-state index contributed by atoms with van der Waals surface area (Å²) in [5, 5.41) is 10.5. The third-order valence-corrected chi connectivity index (χ3v) is 3.24. The van der Waals surface area contributed by atoms with Crippen molar-refractivity contribution in [3.8, 4) is 0 Å². The van der Waals surface area contributed by atoms with Gasteiger partial charge in [-0.15, -0.1) is 0 Å². The average molecular weight is 270 g/mol. The highest BCUT2D eigenvalue weighted by Crippen LogP contribution is 2.24. The molecule has 20 heavy (non-hydrogen) atoms. The molecule has 5 heteroatoms. The maximum absolute atomic E-state index is 11.9. The van der Waals surface area contributed by atoms with Crippen LogP contribution in [-0.4, -0.2) is 27.1 Å². The molecule has 1 aromatic carbocycles. The first-order chi connectivity index (χ1) is 9.76. The van der Waals surface area contributed by atoms with E-state index in [1.165, 1.54) is 0 Å². The number of carbonyl (C=O) groups is 1. The first kappa shape index (κ1) is 12.6. The lowest BCUT2D eigenvalue weighted by molar-refractivity contribution is 0.0522. The Hall–Kier alpha value is -2.40. The molecular formula is C15H14N2O3. The number of aliphatic hydroxyl groups excluding tert-OH is 1. The standard InChI is InChI=1S/C15H14N2O3/c1-2-20-15(19)13-14-11(8-18)7-10-5-3-4-6-12(10)17(14)9-16-13/h3-7,9,18H,2,8H2,1H3. The maximum Gasteiger partial charge on any atom is 0.359 e. The molecule has 0 spiro atoms. The summed E-state index contributed by atoms with van der Waals surface area (Å²) in [6.07, 6.45) is 1.59. The van der Waals surface area contributed by atoms with Crippen molar-refractivity contribution < 1.29 is 14.6 Å². The highest BCUT2D eigenvalue weighted by Gasteiger charge is 2.18. The van der Waals surface area contributed by atoms with Crippen LogP contribution >= 0.6 is 0 Å². The van der Waals surface area contributed by atoms with E-state index in [9.17, 15) is 9.90 Å². The minimum absolute atomic E-state index is 0.160. The van der Waals surface area contributed by atoms with Crippen LogP contribution in [0.3, 0.4) is 0 Å². The second-order valence-corrected chi connectivity index (χ2v) is 4.42. The third-order valence-electron chi connectivity index (χ3n) is 3.24. The van der Waals surface area contributed by atoms with Gasteiger partial charge in [-0.1, -0.05) is 18.2 Å². The first-order valence-electron chi connectivity index (χ1n) is 6.42. The Labute approximate surface area is 115 Å². The van der Waals surface area contributed by atoms with Gasteiger partial charge in [-0.3, -0.25) is 4.40 Å². The number of rotatable bonds is 3. The number of para-hydroxylation sites is 1. The van der Waals surface area contributed by atoms with E-state index in [1.54, 1.807) is 13.3 Å². The van der Waals surface area contributed by atoms with Crippen LogP contribution in [0, 0.1) is 0 Å². The van der Waals surface area contributed by atoms with E-state index in [4.69, 9.17) is 4.74 Å². The lowest BCUT2D eigenvalue weighted by Crippen LogP contribution is -2.07. The van der Waals surface area contributed by atoms with Crippen LogP contribution in [0.4, 0.5) is 0 Å². The summed E-state index contributed by atoms with van der Waals surface area (Å²) in [4.78, 5) is 16.1. The van der Waals surface area contributed by atoms with E-state index in [2.05, 4.69) is 4.98 Å². The molecule has 0 aliphatic heterocycles. The molecule has 3 aromatic rings. The molecule has 0 aliphatic rings. The molecule has 0 fully saturated rings. The van der Waals surface area contributed by atoms with Crippen LogP contribution in [0.2, 0.25) is 0 Å². The number of pyridine rings is 1. The van der Waals surface area contributed by atoms with Gasteiger partial charge in [0.05, 0.1) is 24.2 Å². The number of ether oxygens (including phenoxy) is 1. The van der Waals surface area contributed by atoms with E-state index in [0.29, 0.717) is 17.7 Å². The summed E-state index contributed by atoms with van der Waals surface area (Å²) in [5.41, 5.74) is 2.43. The van der Waals surface area contributed by atoms with Crippen molar-refractivity contribution in [2.45, 2.75) is 13.5 Å². The Balaban J connectivity index is 2.35. The number of fused-ring (bicyclic) bond motifs is 3. The van der Waals surface area contributed by atoms with Gasteiger partial charge in [0.25, 0.3) is 0 Å². The number of nitrogens with zero attached hydrogens (tertiary/aromatic N) is 2. The lowest BCUT2D eigenvalue weighted by Gasteiger charge is -2.08.